The minimum absolute atomic E-state index is 0.0799. The summed E-state index contributed by atoms with van der Waals surface area (Å²) in [6, 6.07) is 5.27. The fourth-order valence-electron chi connectivity index (χ4n) is 1.87. The zero-order valence-electron chi connectivity index (χ0n) is 8.68. The van der Waals surface area contributed by atoms with Gasteiger partial charge in [0.05, 0.1) is 11.8 Å². The first-order valence-electron chi connectivity index (χ1n) is 4.86. The maximum absolute atomic E-state index is 9.81. The molecule has 0 saturated carbocycles. The highest BCUT2D eigenvalue weighted by molar-refractivity contribution is 5.71. The average Bonchev–Trinajstić information content (AvgIpc) is 2.15. The molecule has 4 heteroatoms. The van der Waals surface area contributed by atoms with Crippen molar-refractivity contribution in [3.8, 4) is 5.75 Å². The predicted molar refractivity (Wildman–Crippen MR) is 60.7 cm³/mol. The molecule has 1 aliphatic carbocycles. The van der Waals surface area contributed by atoms with E-state index in [0.29, 0.717) is 11.3 Å². The summed E-state index contributed by atoms with van der Waals surface area (Å²) >= 11 is 0. The Labute approximate surface area is 93.3 Å². The molecular formula is C12H13NO3. The molecule has 0 spiro atoms. The number of aliphatic hydroxyl groups excluding tert-OH is 1. The van der Waals surface area contributed by atoms with Crippen molar-refractivity contribution in [2.45, 2.75) is 12.1 Å². The van der Waals surface area contributed by atoms with Gasteiger partial charge in [0.25, 0.3) is 0 Å². The smallest absolute Gasteiger partial charge is 0.140 e. The molecule has 0 saturated heterocycles. The summed E-state index contributed by atoms with van der Waals surface area (Å²) in [6.07, 6.45) is 2.73. The standard InChI is InChI=1S/C12H13NO3/c1-2-16-10-5-3-4-8-6-12(13,15)7-9(14)11(8)10/h2-5,7,14-15H,1,6,13H2. The van der Waals surface area contributed by atoms with Crippen LogP contribution in [0.1, 0.15) is 11.1 Å². The number of fused-ring (bicyclic) bond motifs is 1. The molecule has 84 valence electrons. The molecule has 0 fully saturated rings. The zero-order chi connectivity index (χ0) is 11.8. The van der Waals surface area contributed by atoms with Gasteiger partial charge in [-0.25, -0.2) is 0 Å². The summed E-state index contributed by atoms with van der Waals surface area (Å²) in [7, 11) is 0. The average molecular weight is 219 g/mol. The number of benzene rings is 1. The van der Waals surface area contributed by atoms with Crippen molar-refractivity contribution in [3.63, 3.8) is 0 Å². The normalized spacial score (nSPS) is 23.2. The van der Waals surface area contributed by atoms with Gasteiger partial charge in [0, 0.05) is 12.5 Å². The molecule has 0 radical (unpaired) electrons. The summed E-state index contributed by atoms with van der Waals surface area (Å²) < 4.78 is 5.18. The van der Waals surface area contributed by atoms with Gasteiger partial charge < -0.3 is 14.9 Å². The van der Waals surface area contributed by atoms with Crippen LogP contribution >= 0.6 is 0 Å². The number of ether oxygens (including phenoxy) is 1. The quantitative estimate of drug-likeness (QED) is 0.518. The Morgan fingerprint density at radius 1 is 1.50 bits per heavy atom. The van der Waals surface area contributed by atoms with E-state index in [-0.39, 0.29) is 12.2 Å². The van der Waals surface area contributed by atoms with E-state index in [9.17, 15) is 10.2 Å². The van der Waals surface area contributed by atoms with E-state index < -0.39 is 5.72 Å². The summed E-state index contributed by atoms with van der Waals surface area (Å²) in [6.45, 7) is 3.46. The predicted octanol–water partition coefficient (Wildman–Crippen LogP) is 1.31. The molecule has 4 nitrogen and oxygen atoms in total. The van der Waals surface area contributed by atoms with Crippen LogP contribution in [-0.2, 0) is 6.42 Å². The van der Waals surface area contributed by atoms with Crippen LogP contribution < -0.4 is 10.5 Å². The molecule has 1 aromatic carbocycles. The molecule has 1 atom stereocenters. The van der Waals surface area contributed by atoms with E-state index in [1.165, 1.54) is 12.3 Å². The van der Waals surface area contributed by atoms with Crippen LogP contribution in [0.4, 0.5) is 0 Å². The fraction of sp³-hybridized carbons (Fsp3) is 0.167. The molecule has 0 aromatic heterocycles. The lowest BCUT2D eigenvalue weighted by Gasteiger charge is -2.26. The highest BCUT2D eigenvalue weighted by atomic mass is 16.5. The Hall–Kier alpha value is -1.78. The maximum Gasteiger partial charge on any atom is 0.140 e. The Balaban J connectivity index is 2.56. The van der Waals surface area contributed by atoms with E-state index in [4.69, 9.17) is 10.5 Å². The van der Waals surface area contributed by atoms with Gasteiger partial charge >= 0.3 is 0 Å². The molecule has 0 heterocycles. The lowest BCUT2D eigenvalue weighted by atomic mass is 9.90. The van der Waals surface area contributed by atoms with Crippen molar-refractivity contribution in [2.24, 2.45) is 5.73 Å². The molecule has 0 amide bonds. The third-order valence-electron chi connectivity index (χ3n) is 2.44. The Bertz CT molecular complexity index is 463. The first kappa shape index (κ1) is 10.7. The van der Waals surface area contributed by atoms with Crippen LogP contribution in [0.5, 0.6) is 5.75 Å². The number of aliphatic hydroxyl groups is 2. The lowest BCUT2D eigenvalue weighted by molar-refractivity contribution is 0.0955. The molecular weight excluding hydrogens is 206 g/mol. The van der Waals surface area contributed by atoms with E-state index in [1.54, 1.807) is 18.2 Å². The minimum Gasteiger partial charge on any atom is -0.507 e. The Morgan fingerprint density at radius 2 is 2.25 bits per heavy atom. The van der Waals surface area contributed by atoms with E-state index in [0.717, 1.165) is 5.56 Å². The Kier molecular flexibility index (Phi) is 2.46. The fourth-order valence-corrected chi connectivity index (χ4v) is 1.87. The highest BCUT2D eigenvalue weighted by Crippen LogP contribution is 2.34. The zero-order valence-corrected chi connectivity index (χ0v) is 8.68. The van der Waals surface area contributed by atoms with Crippen LogP contribution in [0, 0.1) is 0 Å². The summed E-state index contributed by atoms with van der Waals surface area (Å²) in [4.78, 5) is 0. The maximum atomic E-state index is 9.81. The van der Waals surface area contributed by atoms with Gasteiger partial charge in [-0.1, -0.05) is 18.7 Å². The van der Waals surface area contributed by atoms with Crippen molar-refractivity contribution in [1.29, 1.82) is 0 Å². The second-order valence-corrected chi connectivity index (χ2v) is 3.77. The van der Waals surface area contributed by atoms with Crippen LogP contribution in [0.25, 0.3) is 5.76 Å². The molecule has 16 heavy (non-hydrogen) atoms. The summed E-state index contributed by atoms with van der Waals surface area (Å²) in [5.41, 5.74) is 5.35. The largest absolute Gasteiger partial charge is 0.507 e. The van der Waals surface area contributed by atoms with Gasteiger partial charge in [-0.15, -0.1) is 0 Å². The summed E-state index contributed by atoms with van der Waals surface area (Å²) in [5.74, 6) is 0.417. The van der Waals surface area contributed by atoms with Crippen molar-refractivity contribution in [3.05, 3.63) is 48.2 Å². The molecule has 2 rings (SSSR count). The van der Waals surface area contributed by atoms with Crippen molar-refractivity contribution in [2.75, 3.05) is 0 Å². The van der Waals surface area contributed by atoms with Gasteiger partial charge in [0.2, 0.25) is 0 Å². The second kappa shape index (κ2) is 3.66. The topological polar surface area (TPSA) is 75.7 Å². The van der Waals surface area contributed by atoms with Gasteiger partial charge in [0.1, 0.15) is 17.2 Å². The van der Waals surface area contributed by atoms with Gasteiger partial charge in [-0.2, -0.15) is 0 Å². The molecule has 1 aliphatic rings. The second-order valence-electron chi connectivity index (χ2n) is 3.77. The minimum atomic E-state index is -1.51. The van der Waals surface area contributed by atoms with Crippen molar-refractivity contribution < 1.29 is 14.9 Å². The van der Waals surface area contributed by atoms with Gasteiger partial charge in [-0.3, -0.25) is 5.73 Å². The first-order chi connectivity index (χ1) is 7.53. The molecule has 0 bridgehead atoms. The van der Waals surface area contributed by atoms with E-state index in [1.807, 2.05) is 0 Å². The number of hydrogen-bond acceptors (Lipinski definition) is 4. The third kappa shape index (κ3) is 1.80. The van der Waals surface area contributed by atoms with Crippen LogP contribution in [-0.4, -0.2) is 15.9 Å². The molecule has 1 aromatic rings. The van der Waals surface area contributed by atoms with Gasteiger partial charge in [0.15, 0.2) is 0 Å². The number of rotatable bonds is 2. The molecule has 4 N–H and O–H groups in total. The van der Waals surface area contributed by atoms with Crippen LogP contribution in [0.15, 0.2) is 37.1 Å². The number of nitrogens with two attached hydrogens (primary N) is 1. The monoisotopic (exact) mass is 219 g/mol. The van der Waals surface area contributed by atoms with Crippen LogP contribution in [0.3, 0.4) is 0 Å². The van der Waals surface area contributed by atoms with E-state index in [2.05, 4.69) is 6.58 Å². The lowest BCUT2D eigenvalue weighted by Crippen LogP contribution is -2.41. The van der Waals surface area contributed by atoms with Crippen molar-refractivity contribution in [1.82, 2.24) is 0 Å². The third-order valence-corrected chi connectivity index (χ3v) is 2.44. The van der Waals surface area contributed by atoms with Crippen molar-refractivity contribution >= 4 is 5.76 Å². The van der Waals surface area contributed by atoms with E-state index >= 15 is 0 Å². The number of hydrogen-bond donors (Lipinski definition) is 3. The summed E-state index contributed by atoms with van der Waals surface area (Å²) in [5, 5.41) is 19.5. The van der Waals surface area contributed by atoms with Gasteiger partial charge in [-0.05, 0) is 11.6 Å². The Morgan fingerprint density at radius 3 is 2.94 bits per heavy atom. The highest BCUT2D eigenvalue weighted by Gasteiger charge is 2.29. The molecule has 1 unspecified atom stereocenters. The molecule has 0 aliphatic heterocycles. The van der Waals surface area contributed by atoms with Crippen LogP contribution in [0.2, 0.25) is 0 Å². The first-order valence-corrected chi connectivity index (χ1v) is 4.86. The SMILES string of the molecule is C=COc1cccc2c1C(O)=CC(N)(O)C2.